The number of carbonyl (C=O) groups excluding carboxylic acids is 1. The first-order valence-corrected chi connectivity index (χ1v) is 8.98. The van der Waals surface area contributed by atoms with Gasteiger partial charge < -0.3 is 10.2 Å². The minimum Gasteiger partial charge on any atom is -0.504 e. The van der Waals surface area contributed by atoms with Crippen molar-refractivity contribution >= 4 is 22.9 Å². The van der Waals surface area contributed by atoms with Crippen molar-refractivity contribution in [2.75, 3.05) is 0 Å². The smallest absolute Gasteiger partial charge is 0.292 e. The minimum atomic E-state index is -0.633. The Hall–Kier alpha value is -4.46. The topological polar surface area (TPSA) is 117 Å². The zero-order valence-electron chi connectivity index (χ0n) is 15.6. The predicted molar refractivity (Wildman–Crippen MR) is 112 cm³/mol. The number of carbonyl (C=O) groups is 1. The normalized spacial score (nSPS) is 11.1. The summed E-state index contributed by atoms with van der Waals surface area (Å²) in [5.74, 6) is -1.28. The summed E-state index contributed by atoms with van der Waals surface area (Å²) in [7, 11) is 0. The number of phenolic OH excluding ortho intramolecular Hbond substituents is 2. The first-order valence-electron chi connectivity index (χ1n) is 8.98. The van der Waals surface area contributed by atoms with Gasteiger partial charge in [0.05, 0.1) is 17.3 Å². The number of rotatable bonds is 4. The molecule has 1 aromatic heterocycles. The molecular formula is C22H16N4O4. The zero-order chi connectivity index (χ0) is 21.1. The first kappa shape index (κ1) is 18.9. The Balaban J connectivity index is 1.73. The molecule has 0 aliphatic heterocycles. The fourth-order valence-corrected chi connectivity index (χ4v) is 2.97. The van der Waals surface area contributed by atoms with Crippen LogP contribution >= 0.6 is 0 Å². The number of fused-ring (bicyclic) bond motifs is 1. The van der Waals surface area contributed by atoms with E-state index >= 15 is 0 Å². The second-order valence-corrected chi connectivity index (χ2v) is 6.36. The third-order valence-electron chi connectivity index (χ3n) is 4.44. The summed E-state index contributed by atoms with van der Waals surface area (Å²) in [5.41, 5.74) is 2.77. The predicted octanol–water partition coefficient (Wildman–Crippen LogP) is 2.56. The molecule has 1 heterocycles. The number of para-hydroxylation sites is 2. The van der Waals surface area contributed by atoms with Crippen LogP contribution in [-0.2, 0) is 0 Å². The van der Waals surface area contributed by atoms with Gasteiger partial charge in [0.15, 0.2) is 17.2 Å². The van der Waals surface area contributed by atoms with Crippen LogP contribution in [0, 0.1) is 0 Å². The van der Waals surface area contributed by atoms with Crippen LogP contribution in [0.5, 0.6) is 11.5 Å². The third-order valence-corrected chi connectivity index (χ3v) is 4.44. The van der Waals surface area contributed by atoms with Crippen molar-refractivity contribution < 1.29 is 15.0 Å². The molecule has 4 aromatic rings. The molecule has 30 heavy (non-hydrogen) atoms. The van der Waals surface area contributed by atoms with Gasteiger partial charge in [-0.1, -0.05) is 42.5 Å². The summed E-state index contributed by atoms with van der Waals surface area (Å²) >= 11 is 0. The number of amides is 1. The summed E-state index contributed by atoms with van der Waals surface area (Å²) in [5, 5.41) is 28.2. The van der Waals surface area contributed by atoms with Gasteiger partial charge in [-0.25, -0.2) is 5.43 Å². The van der Waals surface area contributed by atoms with Gasteiger partial charge in [-0.15, -0.1) is 0 Å². The van der Waals surface area contributed by atoms with E-state index in [9.17, 15) is 19.8 Å². The Morgan fingerprint density at radius 2 is 1.63 bits per heavy atom. The molecule has 0 saturated heterocycles. The first-order chi connectivity index (χ1) is 14.6. The van der Waals surface area contributed by atoms with Crippen LogP contribution < -0.4 is 11.0 Å². The van der Waals surface area contributed by atoms with Gasteiger partial charge >= 0.3 is 0 Å². The summed E-state index contributed by atoms with van der Waals surface area (Å²) in [6.45, 7) is 0. The minimum absolute atomic E-state index is 0.0198. The maximum Gasteiger partial charge on any atom is 0.292 e. The van der Waals surface area contributed by atoms with E-state index in [1.54, 1.807) is 48.5 Å². The Kier molecular flexibility index (Phi) is 4.96. The van der Waals surface area contributed by atoms with E-state index < -0.39 is 5.91 Å². The number of aromatic nitrogens is 2. The van der Waals surface area contributed by atoms with Gasteiger partial charge in [-0.3, -0.25) is 9.59 Å². The molecule has 0 atom stereocenters. The molecule has 8 nitrogen and oxygen atoms in total. The van der Waals surface area contributed by atoms with E-state index in [1.165, 1.54) is 29.1 Å². The van der Waals surface area contributed by atoms with Crippen molar-refractivity contribution in [3.63, 3.8) is 0 Å². The fraction of sp³-hybridized carbons (Fsp3) is 0. The molecule has 8 heteroatoms. The number of benzene rings is 3. The van der Waals surface area contributed by atoms with Crippen LogP contribution in [0.15, 0.2) is 82.7 Å². The highest BCUT2D eigenvalue weighted by Crippen LogP contribution is 2.26. The third kappa shape index (κ3) is 3.49. The zero-order valence-corrected chi connectivity index (χ0v) is 15.6. The van der Waals surface area contributed by atoms with E-state index in [4.69, 9.17) is 0 Å². The Morgan fingerprint density at radius 1 is 0.933 bits per heavy atom. The molecule has 0 radical (unpaired) electrons. The molecule has 0 fully saturated rings. The Morgan fingerprint density at radius 3 is 2.40 bits per heavy atom. The van der Waals surface area contributed by atoms with E-state index in [0.29, 0.717) is 16.5 Å². The van der Waals surface area contributed by atoms with Gasteiger partial charge in [0, 0.05) is 10.9 Å². The molecule has 0 spiro atoms. The molecule has 3 N–H and O–H groups in total. The van der Waals surface area contributed by atoms with E-state index in [1.807, 2.05) is 6.07 Å². The molecule has 148 valence electrons. The van der Waals surface area contributed by atoms with E-state index in [0.717, 1.165) is 0 Å². The highest BCUT2D eigenvalue weighted by atomic mass is 16.3. The second-order valence-electron chi connectivity index (χ2n) is 6.36. The van der Waals surface area contributed by atoms with Crippen LogP contribution in [-0.4, -0.2) is 32.1 Å². The van der Waals surface area contributed by atoms with Crippen LogP contribution in [0.3, 0.4) is 0 Å². The summed E-state index contributed by atoms with van der Waals surface area (Å²) in [6.07, 6.45) is 1.20. The van der Waals surface area contributed by atoms with Crippen molar-refractivity contribution in [2.24, 2.45) is 5.10 Å². The lowest BCUT2D eigenvalue weighted by atomic mass is 10.1. The number of aromatic hydroxyl groups is 2. The fourth-order valence-electron chi connectivity index (χ4n) is 2.97. The molecule has 1 amide bonds. The monoisotopic (exact) mass is 400 g/mol. The quantitative estimate of drug-likeness (QED) is 0.277. The number of hydrazone groups is 1. The largest absolute Gasteiger partial charge is 0.504 e. The SMILES string of the molecule is O=C(N/N=C/c1cccc(O)c1O)c1nn(-c2ccccc2)c(=O)c2ccccc12. The van der Waals surface area contributed by atoms with Crippen LogP contribution in [0.25, 0.3) is 16.5 Å². The molecule has 0 unspecified atom stereocenters. The molecule has 0 bridgehead atoms. The van der Waals surface area contributed by atoms with Gasteiger partial charge in [0.2, 0.25) is 0 Å². The van der Waals surface area contributed by atoms with Crippen LogP contribution in [0.1, 0.15) is 16.1 Å². The van der Waals surface area contributed by atoms with Gasteiger partial charge in [-0.2, -0.15) is 14.9 Å². The van der Waals surface area contributed by atoms with Gasteiger partial charge in [-0.05, 0) is 30.3 Å². The Labute approximate surface area is 170 Å². The number of hydrogen-bond donors (Lipinski definition) is 3. The van der Waals surface area contributed by atoms with Gasteiger partial charge in [0.25, 0.3) is 11.5 Å². The standard InChI is InChI=1S/C22H16N4O4/c27-18-12-6-7-14(20(18)28)13-23-24-21(29)19-16-10-4-5-11-17(16)22(30)26(25-19)15-8-2-1-3-9-15/h1-13,27-28H,(H,24,29)/b23-13+. The van der Waals surface area contributed by atoms with Crippen molar-refractivity contribution in [2.45, 2.75) is 0 Å². The van der Waals surface area contributed by atoms with Crippen molar-refractivity contribution in [1.82, 2.24) is 15.2 Å². The second kappa shape index (κ2) is 7.88. The number of nitrogens with zero attached hydrogens (tertiary/aromatic N) is 3. The van der Waals surface area contributed by atoms with E-state index in [2.05, 4.69) is 15.6 Å². The molecule has 0 aliphatic carbocycles. The summed E-state index contributed by atoms with van der Waals surface area (Å²) < 4.78 is 1.17. The Bertz CT molecular complexity index is 1330. The average molecular weight is 400 g/mol. The molecule has 0 saturated carbocycles. The lowest BCUT2D eigenvalue weighted by Gasteiger charge is -2.10. The van der Waals surface area contributed by atoms with Gasteiger partial charge in [0.1, 0.15) is 0 Å². The van der Waals surface area contributed by atoms with E-state index in [-0.39, 0.29) is 28.3 Å². The highest BCUT2D eigenvalue weighted by molar-refractivity contribution is 6.05. The summed E-state index contributed by atoms with van der Waals surface area (Å²) in [4.78, 5) is 25.6. The van der Waals surface area contributed by atoms with Crippen molar-refractivity contribution in [3.05, 3.63) is 94.4 Å². The number of phenols is 2. The molecule has 4 rings (SSSR count). The number of nitrogens with one attached hydrogen (secondary N) is 1. The maximum atomic E-state index is 12.9. The lowest BCUT2D eigenvalue weighted by Crippen LogP contribution is -2.28. The number of hydrogen-bond acceptors (Lipinski definition) is 6. The lowest BCUT2D eigenvalue weighted by molar-refractivity contribution is 0.0950. The van der Waals surface area contributed by atoms with Crippen LogP contribution in [0.4, 0.5) is 0 Å². The average Bonchev–Trinajstić information content (AvgIpc) is 2.77. The van der Waals surface area contributed by atoms with Crippen molar-refractivity contribution in [1.29, 1.82) is 0 Å². The maximum absolute atomic E-state index is 12.9. The molecule has 3 aromatic carbocycles. The highest BCUT2D eigenvalue weighted by Gasteiger charge is 2.17. The molecule has 0 aliphatic rings. The van der Waals surface area contributed by atoms with Crippen molar-refractivity contribution in [3.8, 4) is 17.2 Å². The van der Waals surface area contributed by atoms with Crippen LogP contribution in [0.2, 0.25) is 0 Å². The summed E-state index contributed by atoms with van der Waals surface area (Å²) in [6, 6.07) is 19.9. The molecular weight excluding hydrogens is 384 g/mol.